The van der Waals surface area contributed by atoms with Gasteiger partial charge in [-0.1, -0.05) is 24.3 Å². The minimum atomic E-state index is -0.167. The van der Waals surface area contributed by atoms with E-state index in [1.54, 1.807) is 13.3 Å². The first-order chi connectivity index (χ1) is 18.0. The Labute approximate surface area is 222 Å². The fraction of sp³-hybridized carbons (Fsp3) is 0.207. The monoisotopic (exact) mass is 511 g/mol. The van der Waals surface area contributed by atoms with E-state index in [9.17, 15) is 4.79 Å². The summed E-state index contributed by atoms with van der Waals surface area (Å²) in [5, 5.41) is 7.10. The zero-order chi connectivity index (χ0) is 25.8. The van der Waals surface area contributed by atoms with E-state index in [-0.39, 0.29) is 18.0 Å². The summed E-state index contributed by atoms with van der Waals surface area (Å²) in [4.78, 5) is 19.6. The third-order valence-corrected chi connectivity index (χ3v) is 6.98. The molecule has 0 spiro atoms. The maximum absolute atomic E-state index is 12.9. The van der Waals surface area contributed by atoms with Gasteiger partial charge in [0.1, 0.15) is 5.75 Å². The number of thiocarbonyl (C=S) groups is 1. The summed E-state index contributed by atoms with van der Waals surface area (Å²) in [6.07, 6.45) is 4.12. The number of nitrogens with zero attached hydrogens (tertiary/aromatic N) is 3. The van der Waals surface area contributed by atoms with Crippen LogP contribution in [0.15, 0.2) is 91.3 Å². The predicted molar refractivity (Wildman–Crippen MR) is 149 cm³/mol. The number of benzene rings is 2. The lowest BCUT2D eigenvalue weighted by Crippen LogP contribution is -2.33. The first kappa shape index (κ1) is 24.5. The number of pyridine rings is 1. The number of methoxy groups -OCH3 is 1. The largest absolute Gasteiger partial charge is 0.497 e. The smallest absolute Gasteiger partial charge is 0.226 e. The van der Waals surface area contributed by atoms with E-state index in [4.69, 9.17) is 17.0 Å². The quantitative estimate of drug-likeness (QED) is 0.317. The Bertz CT molecular complexity index is 1390. The van der Waals surface area contributed by atoms with Gasteiger partial charge in [-0.2, -0.15) is 0 Å². The van der Waals surface area contributed by atoms with E-state index >= 15 is 0 Å². The van der Waals surface area contributed by atoms with Crippen molar-refractivity contribution in [2.75, 3.05) is 19.0 Å². The number of rotatable bonds is 8. The van der Waals surface area contributed by atoms with E-state index in [1.807, 2.05) is 85.9 Å². The molecule has 2 aromatic heterocycles. The highest BCUT2D eigenvalue weighted by Gasteiger charge is 2.41. The summed E-state index contributed by atoms with van der Waals surface area (Å²) in [7, 11) is 1.66. The Kier molecular flexibility index (Phi) is 7.18. The lowest BCUT2D eigenvalue weighted by Gasteiger charge is -2.29. The number of aryl methyl sites for hydroxylation is 1. The lowest BCUT2D eigenvalue weighted by molar-refractivity contribution is -0.116. The van der Waals surface area contributed by atoms with Crippen LogP contribution in [0.1, 0.15) is 35.5 Å². The van der Waals surface area contributed by atoms with Crippen LogP contribution in [0.25, 0.3) is 5.69 Å². The molecule has 0 saturated carbocycles. The molecule has 3 heterocycles. The molecule has 0 aliphatic carbocycles. The molecule has 1 fully saturated rings. The van der Waals surface area contributed by atoms with Crippen molar-refractivity contribution in [3.63, 3.8) is 0 Å². The van der Waals surface area contributed by atoms with E-state index < -0.39 is 0 Å². The fourth-order valence-electron chi connectivity index (χ4n) is 4.73. The van der Waals surface area contributed by atoms with Crippen molar-refractivity contribution in [2.45, 2.75) is 25.4 Å². The molecule has 1 amide bonds. The molecule has 5 rings (SSSR count). The molecule has 7 nitrogen and oxygen atoms in total. The molecule has 0 radical (unpaired) electrons. The number of hydrogen-bond acceptors (Lipinski definition) is 4. The van der Waals surface area contributed by atoms with Crippen molar-refractivity contribution in [2.24, 2.45) is 0 Å². The van der Waals surface area contributed by atoms with E-state index in [0.29, 0.717) is 18.1 Å². The first-order valence-electron chi connectivity index (χ1n) is 12.2. The normalized spacial score (nSPS) is 16.9. The van der Waals surface area contributed by atoms with Crippen LogP contribution in [0.5, 0.6) is 5.75 Å². The van der Waals surface area contributed by atoms with Crippen LogP contribution >= 0.6 is 12.2 Å². The van der Waals surface area contributed by atoms with Crippen molar-refractivity contribution in [1.29, 1.82) is 0 Å². The van der Waals surface area contributed by atoms with Crippen LogP contribution in [0, 0.1) is 6.92 Å². The molecular weight excluding hydrogens is 482 g/mol. The van der Waals surface area contributed by atoms with Gasteiger partial charge in [0.25, 0.3) is 0 Å². The van der Waals surface area contributed by atoms with Gasteiger partial charge < -0.3 is 24.8 Å². The Morgan fingerprint density at radius 3 is 2.57 bits per heavy atom. The van der Waals surface area contributed by atoms with Crippen LogP contribution < -0.4 is 15.4 Å². The topological polar surface area (TPSA) is 71.4 Å². The number of carbonyl (C=O) groups is 1. The molecule has 8 heteroatoms. The summed E-state index contributed by atoms with van der Waals surface area (Å²) in [5.41, 5.74) is 4.80. The fourth-order valence-corrected chi connectivity index (χ4v) is 5.06. The minimum absolute atomic E-state index is 0.0531. The summed E-state index contributed by atoms with van der Waals surface area (Å²) < 4.78 is 7.48. The van der Waals surface area contributed by atoms with Gasteiger partial charge in [0.15, 0.2) is 5.11 Å². The van der Waals surface area contributed by atoms with Crippen molar-refractivity contribution < 1.29 is 9.53 Å². The number of nitrogens with one attached hydrogen (secondary N) is 2. The number of carbonyl (C=O) groups excluding carboxylic acids is 1. The number of hydrogen-bond donors (Lipinski definition) is 2. The van der Waals surface area contributed by atoms with Crippen LogP contribution in [-0.2, 0) is 4.79 Å². The highest BCUT2D eigenvalue weighted by atomic mass is 32.1. The van der Waals surface area contributed by atoms with Gasteiger partial charge in [-0.05, 0) is 79.3 Å². The van der Waals surface area contributed by atoms with Gasteiger partial charge in [-0.15, -0.1) is 0 Å². The summed E-state index contributed by atoms with van der Waals surface area (Å²) in [5.74, 6) is 0.747. The van der Waals surface area contributed by atoms with Crippen molar-refractivity contribution in [3.05, 3.63) is 108 Å². The Morgan fingerprint density at radius 2 is 1.84 bits per heavy atom. The maximum atomic E-state index is 12.9. The number of amides is 1. The first-order valence-corrected chi connectivity index (χ1v) is 12.6. The molecule has 37 heavy (non-hydrogen) atoms. The lowest BCUT2D eigenvalue weighted by atomic mass is 10.0. The number of aromatic nitrogens is 2. The molecule has 4 aromatic rings. The van der Waals surface area contributed by atoms with Gasteiger partial charge in [0.05, 0.1) is 24.9 Å². The second-order valence-electron chi connectivity index (χ2n) is 8.93. The summed E-state index contributed by atoms with van der Waals surface area (Å²) in [6, 6.07) is 25.4. The highest BCUT2D eigenvalue weighted by Crippen LogP contribution is 2.39. The van der Waals surface area contributed by atoms with Crippen LogP contribution in [0.3, 0.4) is 0 Å². The number of para-hydroxylation sites is 1. The van der Waals surface area contributed by atoms with Crippen molar-refractivity contribution in [1.82, 2.24) is 19.8 Å². The predicted octanol–water partition coefficient (Wildman–Crippen LogP) is 5.19. The number of anilines is 1. The van der Waals surface area contributed by atoms with E-state index in [2.05, 4.69) is 31.2 Å². The second-order valence-corrected chi connectivity index (χ2v) is 9.32. The molecule has 2 N–H and O–H groups in total. The summed E-state index contributed by atoms with van der Waals surface area (Å²) >= 11 is 5.79. The molecule has 2 atom stereocenters. The standard InChI is InChI=1S/C29H29N5O2S/c1-20-8-3-4-9-23(20)31-26(35)16-19-34-28(27(32-29(34)37)24-10-5-6-17-30-24)25-11-7-18-33(25)21-12-14-22(36-2)15-13-21/h3-15,17-18,27-28H,16,19H2,1-2H3,(H,31,35)(H,32,37). The SMILES string of the molecule is COc1ccc(-n2cccc2C2C(c3ccccn3)NC(=S)N2CCC(=O)Nc2ccccc2C)cc1. The zero-order valence-corrected chi connectivity index (χ0v) is 21.6. The summed E-state index contributed by atoms with van der Waals surface area (Å²) in [6.45, 7) is 2.45. The average Bonchev–Trinajstić information content (AvgIpc) is 3.53. The van der Waals surface area contributed by atoms with Crippen LogP contribution in [-0.4, -0.2) is 39.1 Å². The Balaban J connectivity index is 1.44. The van der Waals surface area contributed by atoms with Gasteiger partial charge in [-0.3, -0.25) is 9.78 Å². The number of ether oxygens (including phenoxy) is 1. The van der Waals surface area contributed by atoms with Gasteiger partial charge in [0.2, 0.25) is 5.91 Å². The highest BCUT2D eigenvalue weighted by molar-refractivity contribution is 7.80. The molecule has 2 unspecified atom stereocenters. The van der Waals surface area contributed by atoms with Gasteiger partial charge in [-0.25, -0.2) is 0 Å². The molecule has 1 saturated heterocycles. The Hall–Kier alpha value is -4.17. The minimum Gasteiger partial charge on any atom is -0.497 e. The third kappa shape index (κ3) is 5.20. The second kappa shape index (κ2) is 10.8. The third-order valence-electron chi connectivity index (χ3n) is 6.63. The van der Waals surface area contributed by atoms with Crippen molar-refractivity contribution in [3.8, 4) is 11.4 Å². The average molecular weight is 512 g/mol. The van der Waals surface area contributed by atoms with E-state index in [1.165, 1.54) is 0 Å². The van der Waals surface area contributed by atoms with Crippen LogP contribution in [0.4, 0.5) is 5.69 Å². The van der Waals surface area contributed by atoms with Gasteiger partial charge >= 0.3 is 0 Å². The van der Waals surface area contributed by atoms with Crippen LogP contribution in [0.2, 0.25) is 0 Å². The maximum Gasteiger partial charge on any atom is 0.226 e. The van der Waals surface area contributed by atoms with Crippen molar-refractivity contribution >= 4 is 28.9 Å². The Morgan fingerprint density at radius 1 is 1.05 bits per heavy atom. The zero-order valence-electron chi connectivity index (χ0n) is 20.8. The molecule has 1 aliphatic rings. The molecule has 2 aromatic carbocycles. The van der Waals surface area contributed by atoms with E-state index in [0.717, 1.165) is 34.1 Å². The molecular formula is C29H29N5O2S. The molecule has 188 valence electrons. The molecule has 1 aliphatic heterocycles. The van der Waals surface area contributed by atoms with Gasteiger partial charge in [0, 0.05) is 42.4 Å². The molecule has 0 bridgehead atoms.